The quantitative estimate of drug-likeness (QED) is 0.798. The Kier molecular flexibility index (Phi) is 3.69. The molecule has 0 aliphatic heterocycles. The molecule has 0 bridgehead atoms. The van der Waals surface area contributed by atoms with Crippen LogP contribution in [0, 0.1) is 5.92 Å². The van der Waals surface area contributed by atoms with Gasteiger partial charge >= 0.3 is 5.97 Å². The number of carboxylic acid groups (broad SMARTS) is 1. The lowest BCUT2D eigenvalue weighted by molar-refractivity contribution is 0.0486. The molecular formula is C12H14BrNO3. The molecule has 1 fully saturated rings. The van der Waals surface area contributed by atoms with Gasteiger partial charge in [0.25, 0.3) is 0 Å². The van der Waals surface area contributed by atoms with E-state index in [0.717, 1.165) is 25.1 Å². The number of aliphatic hydroxyl groups is 1. The lowest BCUT2D eigenvalue weighted by atomic mass is 9.82. The molecule has 0 saturated heterocycles. The van der Waals surface area contributed by atoms with Crippen LogP contribution in [0.2, 0.25) is 0 Å². The van der Waals surface area contributed by atoms with Crippen LogP contribution < -0.4 is 5.32 Å². The standard InChI is InChI=1S/C12H14BrNO3/c13-11-5-8(1-2-10(11)12(16)17)14-6-7-3-9(15)4-7/h1-2,5,7,9,14-15H,3-4,6H2,(H,16,17). The van der Waals surface area contributed by atoms with Gasteiger partial charge < -0.3 is 15.5 Å². The van der Waals surface area contributed by atoms with E-state index in [-0.39, 0.29) is 11.7 Å². The van der Waals surface area contributed by atoms with Crippen molar-refractivity contribution in [2.45, 2.75) is 18.9 Å². The average Bonchev–Trinajstić information content (AvgIpc) is 2.22. The SMILES string of the molecule is O=C(O)c1ccc(NCC2CC(O)C2)cc1Br. The number of rotatable bonds is 4. The lowest BCUT2D eigenvalue weighted by Gasteiger charge is -2.31. The monoisotopic (exact) mass is 299 g/mol. The molecule has 1 saturated carbocycles. The molecule has 0 heterocycles. The summed E-state index contributed by atoms with van der Waals surface area (Å²) in [6.45, 7) is 0.815. The molecule has 92 valence electrons. The Labute approximate surface area is 108 Å². The highest BCUT2D eigenvalue weighted by atomic mass is 79.9. The molecule has 3 N–H and O–H groups in total. The third-order valence-electron chi connectivity index (χ3n) is 3.01. The highest BCUT2D eigenvalue weighted by Gasteiger charge is 2.26. The summed E-state index contributed by atoms with van der Waals surface area (Å²) in [5.74, 6) is -0.423. The van der Waals surface area contributed by atoms with Crippen molar-refractivity contribution in [1.82, 2.24) is 0 Å². The molecule has 5 heteroatoms. The number of anilines is 1. The molecule has 4 nitrogen and oxygen atoms in total. The Balaban J connectivity index is 1.93. The van der Waals surface area contributed by atoms with E-state index >= 15 is 0 Å². The zero-order valence-corrected chi connectivity index (χ0v) is 10.8. The minimum Gasteiger partial charge on any atom is -0.478 e. The summed E-state index contributed by atoms with van der Waals surface area (Å²) in [6, 6.07) is 5.09. The first kappa shape index (κ1) is 12.4. The van der Waals surface area contributed by atoms with Gasteiger partial charge in [0.2, 0.25) is 0 Å². The van der Waals surface area contributed by atoms with Crippen LogP contribution in [-0.2, 0) is 0 Å². The van der Waals surface area contributed by atoms with Crippen LogP contribution in [0.1, 0.15) is 23.2 Å². The number of halogens is 1. The smallest absolute Gasteiger partial charge is 0.336 e. The zero-order valence-electron chi connectivity index (χ0n) is 9.19. The van der Waals surface area contributed by atoms with Crippen LogP contribution in [0.4, 0.5) is 5.69 Å². The molecule has 2 rings (SSSR count). The second-order valence-corrected chi connectivity index (χ2v) is 5.23. The van der Waals surface area contributed by atoms with Gasteiger partial charge in [0, 0.05) is 16.7 Å². The Morgan fingerprint density at radius 3 is 2.71 bits per heavy atom. The molecule has 0 radical (unpaired) electrons. The summed E-state index contributed by atoms with van der Waals surface area (Å²) in [5, 5.41) is 21.3. The molecule has 0 unspecified atom stereocenters. The van der Waals surface area contributed by atoms with Crippen LogP contribution in [-0.4, -0.2) is 28.8 Å². The average molecular weight is 300 g/mol. The Morgan fingerprint density at radius 2 is 2.18 bits per heavy atom. The molecule has 0 spiro atoms. The maximum atomic E-state index is 10.8. The zero-order chi connectivity index (χ0) is 12.4. The first-order valence-electron chi connectivity index (χ1n) is 5.51. The van der Waals surface area contributed by atoms with E-state index in [0.29, 0.717) is 10.4 Å². The molecule has 1 aliphatic rings. The third kappa shape index (κ3) is 2.98. The van der Waals surface area contributed by atoms with E-state index in [1.54, 1.807) is 18.2 Å². The summed E-state index contributed by atoms with van der Waals surface area (Å²) in [6.07, 6.45) is 1.56. The van der Waals surface area contributed by atoms with Gasteiger partial charge in [-0.3, -0.25) is 0 Å². The van der Waals surface area contributed by atoms with Crippen molar-refractivity contribution in [3.05, 3.63) is 28.2 Å². The van der Waals surface area contributed by atoms with Gasteiger partial charge in [-0.2, -0.15) is 0 Å². The molecule has 1 aliphatic carbocycles. The fourth-order valence-electron chi connectivity index (χ4n) is 1.93. The normalized spacial score (nSPS) is 22.9. The number of aliphatic hydroxyl groups excluding tert-OH is 1. The van der Waals surface area contributed by atoms with Crippen LogP contribution >= 0.6 is 15.9 Å². The van der Waals surface area contributed by atoms with Crippen molar-refractivity contribution in [3.8, 4) is 0 Å². The second-order valence-electron chi connectivity index (χ2n) is 4.37. The summed E-state index contributed by atoms with van der Waals surface area (Å²) >= 11 is 3.23. The Morgan fingerprint density at radius 1 is 1.47 bits per heavy atom. The van der Waals surface area contributed by atoms with E-state index in [1.807, 2.05) is 0 Å². The molecule has 0 aromatic heterocycles. The molecule has 0 amide bonds. The minimum absolute atomic E-state index is 0.136. The summed E-state index contributed by atoms with van der Waals surface area (Å²) in [4.78, 5) is 10.8. The molecular weight excluding hydrogens is 286 g/mol. The topological polar surface area (TPSA) is 69.6 Å². The van der Waals surface area contributed by atoms with Crippen LogP contribution in [0.3, 0.4) is 0 Å². The fourth-order valence-corrected chi connectivity index (χ4v) is 2.48. The van der Waals surface area contributed by atoms with Crippen molar-refractivity contribution in [1.29, 1.82) is 0 Å². The third-order valence-corrected chi connectivity index (χ3v) is 3.66. The van der Waals surface area contributed by atoms with Crippen molar-refractivity contribution in [2.24, 2.45) is 5.92 Å². The molecule has 1 aromatic rings. The first-order chi connectivity index (χ1) is 8.06. The number of carbonyl (C=O) groups is 1. The summed E-state index contributed by atoms with van der Waals surface area (Å²) in [7, 11) is 0. The predicted octanol–water partition coefficient (Wildman–Crippen LogP) is 2.33. The lowest BCUT2D eigenvalue weighted by Crippen LogP contribution is -2.33. The van der Waals surface area contributed by atoms with E-state index in [1.165, 1.54) is 0 Å². The molecule has 17 heavy (non-hydrogen) atoms. The van der Waals surface area contributed by atoms with Crippen molar-refractivity contribution in [2.75, 3.05) is 11.9 Å². The van der Waals surface area contributed by atoms with E-state index in [2.05, 4.69) is 21.2 Å². The highest BCUT2D eigenvalue weighted by molar-refractivity contribution is 9.10. The minimum atomic E-state index is -0.939. The fraction of sp³-hybridized carbons (Fsp3) is 0.417. The maximum Gasteiger partial charge on any atom is 0.336 e. The largest absolute Gasteiger partial charge is 0.478 e. The number of hydrogen-bond acceptors (Lipinski definition) is 3. The van der Waals surface area contributed by atoms with Crippen molar-refractivity contribution >= 4 is 27.6 Å². The number of aromatic carboxylic acids is 1. The van der Waals surface area contributed by atoms with Gasteiger partial charge in [-0.25, -0.2) is 4.79 Å². The van der Waals surface area contributed by atoms with Gasteiger partial charge in [0.05, 0.1) is 11.7 Å². The first-order valence-corrected chi connectivity index (χ1v) is 6.30. The van der Waals surface area contributed by atoms with Gasteiger partial charge in [-0.05, 0) is 52.9 Å². The Bertz CT molecular complexity index is 430. The summed E-state index contributed by atoms with van der Waals surface area (Å²) < 4.78 is 0.573. The second kappa shape index (κ2) is 5.06. The van der Waals surface area contributed by atoms with Crippen molar-refractivity contribution in [3.63, 3.8) is 0 Å². The van der Waals surface area contributed by atoms with Crippen molar-refractivity contribution < 1.29 is 15.0 Å². The van der Waals surface area contributed by atoms with Gasteiger partial charge in [0.1, 0.15) is 0 Å². The van der Waals surface area contributed by atoms with Crippen LogP contribution in [0.25, 0.3) is 0 Å². The van der Waals surface area contributed by atoms with Gasteiger partial charge in [0.15, 0.2) is 0 Å². The number of carboxylic acids is 1. The molecule has 1 aromatic carbocycles. The van der Waals surface area contributed by atoms with E-state index in [9.17, 15) is 4.79 Å². The number of hydrogen-bond donors (Lipinski definition) is 3. The number of nitrogens with one attached hydrogen (secondary N) is 1. The Hall–Kier alpha value is -1.07. The van der Waals surface area contributed by atoms with Gasteiger partial charge in [-0.15, -0.1) is 0 Å². The highest BCUT2D eigenvalue weighted by Crippen LogP contribution is 2.28. The maximum absolute atomic E-state index is 10.8. The van der Waals surface area contributed by atoms with Gasteiger partial charge in [-0.1, -0.05) is 0 Å². The predicted molar refractivity (Wildman–Crippen MR) is 68.3 cm³/mol. The van der Waals surface area contributed by atoms with E-state index < -0.39 is 5.97 Å². The number of benzene rings is 1. The summed E-state index contributed by atoms with van der Waals surface area (Å²) in [5.41, 5.74) is 1.15. The van der Waals surface area contributed by atoms with Crippen LogP contribution in [0.15, 0.2) is 22.7 Å². The van der Waals surface area contributed by atoms with E-state index in [4.69, 9.17) is 10.2 Å². The van der Waals surface area contributed by atoms with Crippen LogP contribution in [0.5, 0.6) is 0 Å². The molecule has 0 atom stereocenters.